The molecule has 0 saturated carbocycles. The third-order valence-corrected chi connectivity index (χ3v) is 1.83. The Bertz CT molecular complexity index is 127. The van der Waals surface area contributed by atoms with Crippen molar-refractivity contribution in [1.29, 1.82) is 0 Å². The first-order valence-electron chi connectivity index (χ1n) is 4.44. The van der Waals surface area contributed by atoms with E-state index in [1.54, 1.807) is 6.08 Å². The van der Waals surface area contributed by atoms with Crippen molar-refractivity contribution >= 4 is 12.4 Å². The molecule has 0 bridgehead atoms. The lowest BCUT2D eigenvalue weighted by molar-refractivity contribution is 0.0197. The molecule has 1 N–H and O–H groups in total. The maximum atomic E-state index is 5.53. The lowest BCUT2D eigenvalue weighted by Gasteiger charge is -2.09. The molecule has 0 amide bonds. The molecule has 1 heterocycles. The quantitative estimate of drug-likeness (QED) is 0.521. The van der Waals surface area contributed by atoms with Crippen molar-refractivity contribution in [3.05, 3.63) is 12.7 Å². The lowest BCUT2D eigenvalue weighted by atomic mass is 10.3. The van der Waals surface area contributed by atoms with E-state index in [1.165, 1.54) is 0 Å². The van der Waals surface area contributed by atoms with Gasteiger partial charge < -0.3 is 14.8 Å². The van der Waals surface area contributed by atoms with Gasteiger partial charge in [0.1, 0.15) is 0 Å². The molecule has 1 fully saturated rings. The first-order valence-corrected chi connectivity index (χ1v) is 4.44. The van der Waals surface area contributed by atoms with Gasteiger partial charge in [-0.05, 0) is 13.0 Å². The number of hydrogen-bond donors (Lipinski definition) is 1. The Morgan fingerprint density at radius 2 is 2.31 bits per heavy atom. The van der Waals surface area contributed by atoms with Crippen LogP contribution in [-0.2, 0) is 9.47 Å². The molecule has 3 nitrogen and oxygen atoms in total. The standard InChI is InChI=1S/C9H17NO2.ClH/c1-2-5-11-6-7-12-9-3-4-10-8-9;/h2,9-10H,1,3-8H2;1H. The lowest BCUT2D eigenvalue weighted by Crippen LogP contribution is -2.19. The Labute approximate surface area is 85.9 Å². The molecule has 13 heavy (non-hydrogen) atoms. The van der Waals surface area contributed by atoms with Gasteiger partial charge in [-0.3, -0.25) is 0 Å². The predicted octanol–water partition coefficient (Wildman–Crippen LogP) is 0.989. The molecule has 4 heteroatoms. The fourth-order valence-corrected chi connectivity index (χ4v) is 1.21. The van der Waals surface area contributed by atoms with E-state index in [4.69, 9.17) is 9.47 Å². The first kappa shape index (κ1) is 12.9. The van der Waals surface area contributed by atoms with Gasteiger partial charge in [0.25, 0.3) is 0 Å². The molecule has 1 unspecified atom stereocenters. The van der Waals surface area contributed by atoms with Gasteiger partial charge in [-0.2, -0.15) is 0 Å². The second kappa shape index (κ2) is 8.51. The van der Waals surface area contributed by atoms with Crippen LogP contribution in [0.15, 0.2) is 12.7 Å². The van der Waals surface area contributed by atoms with Crippen LogP contribution >= 0.6 is 12.4 Å². The minimum absolute atomic E-state index is 0. The monoisotopic (exact) mass is 207 g/mol. The summed E-state index contributed by atoms with van der Waals surface area (Å²) in [6.45, 7) is 7.61. The summed E-state index contributed by atoms with van der Waals surface area (Å²) in [4.78, 5) is 0. The minimum Gasteiger partial charge on any atom is -0.375 e. The highest BCUT2D eigenvalue weighted by molar-refractivity contribution is 5.85. The summed E-state index contributed by atoms with van der Waals surface area (Å²) in [5.74, 6) is 0. The van der Waals surface area contributed by atoms with Crippen LogP contribution in [0.3, 0.4) is 0 Å². The van der Waals surface area contributed by atoms with E-state index in [-0.39, 0.29) is 12.4 Å². The summed E-state index contributed by atoms with van der Waals surface area (Å²) in [7, 11) is 0. The third kappa shape index (κ3) is 6.05. The van der Waals surface area contributed by atoms with E-state index in [2.05, 4.69) is 11.9 Å². The zero-order valence-electron chi connectivity index (χ0n) is 7.83. The highest BCUT2D eigenvalue weighted by Crippen LogP contribution is 2.01. The summed E-state index contributed by atoms with van der Waals surface area (Å²) in [5.41, 5.74) is 0. The second-order valence-electron chi connectivity index (χ2n) is 2.85. The Hall–Kier alpha value is -0.0900. The average Bonchev–Trinajstić information content (AvgIpc) is 2.57. The molecule has 1 rings (SSSR count). The van der Waals surface area contributed by atoms with Gasteiger partial charge in [0, 0.05) is 6.54 Å². The summed E-state index contributed by atoms with van der Waals surface area (Å²) in [5, 5.41) is 3.24. The number of ether oxygens (including phenoxy) is 2. The molecule has 1 atom stereocenters. The van der Waals surface area contributed by atoms with Crippen molar-refractivity contribution in [3.63, 3.8) is 0 Å². The van der Waals surface area contributed by atoms with Gasteiger partial charge in [-0.15, -0.1) is 19.0 Å². The largest absolute Gasteiger partial charge is 0.375 e. The van der Waals surface area contributed by atoms with Crippen LogP contribution in [0.25, 0.3) is 0 Å². The van der Waals surface area contributed by atoms with Crippen LogP contribution in [0.5, 0.6) is 0 Å². The van der Waals surface area contributed by atoms with E-state index >= 15 is 0 Å². The smallest absolute Gasteiger partial charge is 0.0712 e. The molecule has 1 aliphatic rings. The zero-order chi connectivity index (χ0) is 8.65. The Morgan fingerprint density at radius 1 is 1.46 bits per heavy atom. The number of halogens is 1. The fourth-order valence-electron chi connectivity index (χ4n) is 1.21. The predicted molar refractivity (Wildman–Crippen MR) is 55.5 cm³/mol. The van der Waals surface area contributed by atoms with Gasteiger partial charge in [0.15, 0.2) is 0 Å². The molecule has 1 saturated heterocycles. The Morgan fingerprint density at radius 3 is 2.92 bits per heavy atom. The summed E-state index contributed by atoms with van der Waals surface area (Å²) >= 11 is 0. The van der Waals surface area contributed by atoms with Gasteiger partial charge in [0.2, 0.25) is 0 Å². The molecule has 78 valence electrons. The van der Waals surface area contributed by atoms with Crippen molar-refractivity contribution in [2.45, 2.75) is 12.5 Å². The average molecular weight is 208 g/mol. The molecule has 1 aliphatic heterocycles. The number of hydrogen-bond acceptors (Lipinski definition) is 3. The molecule has 0 aromatic heterocycles. The highest BCUT2D eigenvalue weighted by atomic mass is 35.5. The van der Waals surface area contributed by atoms with Crippen LogP contribution in [0.1, 0.15) is 6.42 Å². The minimum atomic E-state index is 0. The molecule has 0 radical (unpaired) electrons. The summed E-state index contributed by atoms with van der Waals surface area (Å²) in [6, 6.07) is 0. The van der Waals surface area contributed by atoms with Gasteiger partial charge in [-0.25, -0.2) is 0 Å². The van der Waals surface area contributed by atoms with E-state index < -0.39 is 0 Å². The molecular formula is C9H18ClNO2. The SMILES string of the molecule is C=CCOCCOC1CCNC1.Cl. The Balaban J connectivity index is 0.00000144. The van der Waals surface area contributed by atoms with Crippen molar-refractivity contribution in [3.8, 4) is 0 Å². The van der Waals surface area contributed by atoms with Crippen LogP contribution in [-0.4, -0.2) is 39.0 Å². The van der Waals surface area contributed by atoms with E-state index in [9.17, 15) is 0 Å². The van der Waals surface area contributed by atoms with Crippen molar-refractivity contribution in [1.82, 2.24) is 5.32 Å². The summed E-state index contributed by atoms with van der Waals surface area (Å²) in [6.07, 6.45) is 3.27. The Kier molecular flexibility index (Phi) is 8.45. The molecule has 0 spiro atoms. The van der Waals surface area contributed by atoms with Crippen molar-refractivity contribution in [2.75, 3.05) is 32.9 Å². The van der Waals surface area contributed by atoms with Gasteiger partial charge >= 0.3 is 0 Å². The maximum Gasteiger partial charge on any atom is 0.0712 e. The van der Waals surface area contributed by atoms with Crippen LogP contribution < -0.4 is 5.32 Å². The first-order chi connectivity index (χ1) is 5.93. The van der Waals surface area contributed by atoms with E-state index in [1.807, 2.05) is 0 Å². The normalized spacial score (nSPS) is 21.1. The molecule has 0 aromatic carbocycles. The molecule has 0 aromatic rings. The molecule has 0 aliphatic carbocycles. The fraction of sp³-hybridized carbons (Fsp3) is 0.778. The van der Waals surface area contributed by atoms with Crippen molar-refractivity contribution in [2.24, 2.45) is 0 Å². The second-order valence-corrected chi connectivity index (χ2v) is 2.85. The van der Waals surface area contributed by atoms with Gasteiger partial charge in [-0.1, -0.05) is 6.08 Å². The van der Waals surface area contributed by atoms with E-state index in [0.29, 0.717) is 25.9 Å². The van der Waals surface area contributed by atoms with Crippen molar-refractivity contribution < 1.29 is 9.47 Å². The van der Waals surface area contributed by atoms with E-state index in [0.717, 1.165) is 19.5 Å². The van der Waals surface area contributed by atoms with Gasteiger partial charge in [0.05, 0.1) is 25.9 Å². The highest BCUT2D eigenvalue weighted by Gasteiger charge is 2.13. The number of nitrogens with one attached hydrogen (secondary N) is 1. The topological polar surface area (TPSA) is 30.5 Å². The van der Waals surface area contributed by atoms with Crippen LogP contribution in [0.4, 0.5) is 0 Å². The van der Waals surface area contributed by atoms with Crippen LogP contribution in [0, 0.1) is 0 Å². The zero-order valence-corrected chi connectivity index (χ0v) is 8.65. The number of rotatable bonds is 6. The summed E-state index contributed by atoms with van der Waals surface area (Å²) < 4.78 is 10.7. The molecular weight excluding hydrogens is 190 g/mol. The van der Waals surface area contributed by atoms with Crippen LogP contribution in [0.2, 0.25) is 0 Å². The third-order valence-electron chi connectivity index (χ3n) is 1.83. The maximum absolute atomic E-state index is 5.53.